The van der Waals surface area contributed by atoms with Crippen LogP contribution < -0.4 is 0 Å². The molecule has 9 aromatic carbocycles. The molecule has 0 spiro atoms. The Bertz CT molecular complexity index is 3470. The number of benzene rings is 9. The first-order valence-corrected chi connectivity index (χ1v) is 20.9. The molecule has 0 radical (unpaired) electrons. The summed E-state index contributed by atoms with van der Waals surface area (Å²) in [5, 5.41) is 4.67. The normalized spacial score (nSPS) is 11.5. The zero-order chi connectivity index (χ0) is 41.0. The minimum Gasteiger partial charge on any atom is -0.309 e. The van der Waals surface area contributed by atoms with Crippen LogP contribution in [0.5, 0.6) is 0 Å². The first-order valence-electron chi connectivity index (χ1n) is 20.9. The summed E-state index contributed by atoms with van der Waals surface area (Å²) in [4.78, 5) is 15.8. The van der Waals surface area contributed by atoms with Crippen molar-refractivity contribution in [2.24, 2.45) is 0 Å². The summed E-state index contributed by atoms with van der Waals surface area (Å²) in [7, 11) is 0. The van der Waals surface area contributed by atoms with Crippen molar-refractivity contribution in [3.8, 4) is 67.8 Å². The maximum atomic E-state index is 5.32. The van der Waals surface area contributed by atoms with Gasteiger partial charge in [0.25, 0.3) is 0 Å². The molecule has 0 amide bonds. The summed E-state index contributed by atoms with van der Waals surface area (Å²) in [5.41, 5.74) is 14.2. The van der Waals surface area contributed by atoms with Gasteiger partial charge in [-0.05, 0) is 69.8 Å². The maximum Gasteiger partial charge on any atom is 0.238 e. The monoisotopic (exact) mass is 791 g/mol. The lowest BCUT2D eigenvalue weighted by atomic mass is 10.0. The van der Waals surface area contributed by atoms with E-state index >= 15 is 0 Å². The van der Waals surface area contributed by atoms with Crippen molar-refractivity contribution in [3.63, 3.8) is 0 Å². The molecule has 12 rings (SSSR count). The molecule has 0 saturated carbocycles. The van der Waals surface area contributed by atoms with E-state index in [9.17, 15) is 0 Å². The number of para-hydroxylation sites is 2. The Kier molecular flexibility index (Phi) is 8.42. The van der Waals surface area contributed by atoms with Crippen LogP contribution in [0.1, 0.15) is 0 Å². The van der Waals surface area contributed by atoms with Gasteiger partial charge >= 0.3 is 0 Å². The van der Waals surface area contributed by atoms with Crippen LogP contribution in [0.2, 0.25) is 0 Å². The minimum atomic E-state index is 0.560. The maximum absolute atomic E-state index is 5.32. The third-order valence-corrected chi connectivity index (χ3v) is 12.0. The summed E-state index contributed by atoms with van der Waals surface area (Å²) < 4.78 is 4.60. The molecule has 290 valence electrons. The van der Waals surface area contributed by atoms with Crippen molar-refractivity contribution >= 4 is 43.6 Å². The molecule has 3 aromatic heterocycles. The fourth-order valence-electron chi connectivity index (χ4n) is 8.97. The van der Waals surface area contributed by atoms with Crippen LogP contribution >= 0.6 is 0 Å². The summed E-state index contributed by atoms with van der Waals surface area (Å²) in [5.74, 6) is 1.78. The van der Waals surface area contributed by atoms with Crippen molar-refractivity contribution in [2.75, 3.05) is 0 Å². The standard InChI is InChI=1S/C57H37N5/c1-4-14-38(15-5-1)41-24-28-44(29-25-41)55-58-56(45-30-26-42(27-31-45)39-16-6-2-7-17-39)60-57(59-55)62-52-23-13-11-21-48(52)50-36-49-47-20-10-12-22-51(47)61(53(49)37-54(50)62)46-34-32-43(33-35-46)40-18-8-3-9-19-40/h1-37H. The number of fused-ring (bicyclic) bond motifs is 6. The van der Waals surface area contributed by atoms with Crippen LogP contribution in [-0.4, -0.2) is 24.1 Å². The largest absolute Gasteiger partial charge is 0.309 e. The van der Waals surface area contributed by atoms with Crippen molar-refractivity contribution in [3.05, 3.63) is 224 Å². The Morgan fingerprint density at radius 3 is 1.06 bits per heavy atom. The van der Waals surface area contributed by atoms with Gasteiger partial charge in [-0.3, -0.25) is 4.57 Å². The van der Waals surface area contributed by atoms with E-state index in [2.05, 4.69) is 221 Å². The van der Waals surface area contributed by atoms with E-state index in [0.29, 0.717) is 17.6 Å². The molecule has 12 aromatic rings. The van der Waals surface area contributed by atoms with Crippen LogP contribution in [0.4, 0.5) is 0 Å². The summed E-state index contributed by atoms with van der Waals surface area (Å²) >= 11 is 0. The molecule has 0 unspecified atom stereocenters. The van der Waals surface area contributed by atoms with Gasteiger partial charge in [0.05, 0.1) is 22.1 Å². The van der Waals surface area contributed by atoms with E-state index in [0.717, 1.165) is 71.9 Å². The highest BCUT2D eigenvalue weighted by molar-refractivity contribution is 6.19. The van der Waals surface area contributed by atoms with Crippen molar-refractivity contribution in [1.82, 2.24) is 24.1 Å². The molecule has 5 nitrogen and oxygen atoms in total. The van der Waals surface area contributed by atoms with Gasteiger partial charge in [0.15, 0.2) is 11.6 Å². The van der Waals surface area contributed by atoms with E-state index in [4.69, 9.17) is 15.0 Å². The summed E-state index contributed by atoms with van der Waals surface area (Å²) in [6.45, 7) is 0. The number of aromatic nitrogens is 5. The number of hydrogen-bond donors (Lipinski definition) is 0. The molecular formula is C57H37N5. The lowest BCUT2D eigenvalue weighted by Gasteiger charge is -2.12. The highest BCUT2D eigenvalue weighted by atomic mass is 15.2. The van der Waals surface area contributed by atoms with Gasteiger partial charge in [-0.2, -0.15) is 9.97 Å². The van der Waals surface area contributed by atoms with Crippen LogP contribution in [0.15, 0.2) is 224 Å². The van der Waals surface area contributed by atoms with Gasteiger partial charge in [0.1, 0.15) is 0 Å². The van der Waals surface area contributed by atoms with E-state index < -0.39 is 0 Å². The predicted molar refractivity (Wildman–Crippen MR) is 256 cm³/mol. The fraction of sp³-hybridized carbons (Fsp3) is 0. The first-order chi connectivity index (χ1) is 30.7. The Hall–Kier alpha value is -8.41. The van der Waals surface area contributed by atoms with E-state index in [1.165, 1.54) is 21.9 Å². The molecule has 0 saturated heterocycles. The van der Waals surface area contributed by atoms with Gasteiger partial charge in [0.2, 0.25) is 5.95 Å². The zero-order valence-corrected chi connectivity index (χ0v) is 33.6. The number of hydrogen-bond acceptors (Lipinski definition) is 3. The van der Waals surface area contributed by atoms with Crippen LogP contribution in [0, 0.1) is 0 Å². The second kappa shape index (κ2) is 14.7. The second-order valence-electron chi connectivity index (χ2n) is 15.7. The molecule has 0 bridgehead atoms. The molecule has 0 fully saturated rings. The quantitative estimate of drug-likeness (QED) is 0.162. The fourth-order valence-corrected chi connectivity index (χ4v) is 8.97. The first kappa shape index (κ1) is 35.5. The van der Waals surface area contributed by atoms with Gasteiger partial charge in [-0.25, -0.2) is 4.98 Å². The molecule has 3 heterocycles. The summed E-state index contributed by atoms with van der Waals surface area (Å²) in [6, 6.07) is 79.3. The van der Waals surface area contributed by atoms with Gasteiger partial charge < -0.3 is 4.57 Å². The van der Waals surface area contributed by atoms with Crippen LogP contribution in [0.3, 0.4) is 0 Å². The third kappa shape index (κ3) is 6.06. The Morgan fingerprint density at radius 1 is 0.242 bits per heavy atom. The molecule has 0 N–H and O–H groups in total. The van der Waals surface area contributed by atoms with Gasteiger partial charge in [-0.15, -0.1) is 0 Å². The molecule has 5 heteroatoms. The van der Waals surface area contributed by atoms with Crippen molar-refractivity contribution in [2.45, 2.75) is 0 Å². The van der Waals surface area contributed by atoms with Crippen LogP contribution in [-0.2, 0) is 0 Å². The average Bonchev–Trinajstić information content (AvgIpc) is 3.86. The Labute approximate surface area is 358 Å². The molecule has 0 aliphatic carbocycles. The molecular weight excluding hydrogens is 755 g/mol. The van der Waals surface area contributed by atoms with E-state index in [1.807, 2.05) is 12.1 Å². The highest BCUT2D eigenvalue weighted by Gasteiger charge is 2.21. The lowest BCUT2D eigenvalue weighted by molar-refractivity contribution is 0.953. The predicted octanol–water partition coefficient (Wildman–Crippen LogP) is 14.4. The smallest absolute Gasteiger partial charge is 0.238 e. The van der Waals surface area contributed by atoms with Crippen molar-refractivity contribution in [1.29, 1.82) is 0 Å². The highest BCUT2D eigenvalue weighted by Crippen LogP contribution is 2.40. The molecule has 0 atom stereocenters. The topological polar surface area (TPSA) is 48.5 Å². The Balaban J connectivity index is 1.08. The molecule has 0 aliphatic rings. The average molecular weight is 792 g/mol. The SMILES string of the molecule is c1ccc(-c2ccc(-c3nc(-c4ccc(-c5ccccc5)cc4)nc(-n4c5ccccc5c5cc6c7ccccc7n(-c7ccc(-c8ccccc8)cc7)c6cc54)n3)cc2)cc1. The summed E-state index contributed by atoms with van der Waals surface area (Å²) in [6.07, 6.45) is 0. The third-order valence-electron chi connectivity index (χ3n) is 12.0. The molecule has 0 aliphatic heterocycles. The number of rotatable bonds is 7. The minimum absolute atomic E-state index is 0.560. The number of nitrogens with zero attached hydrogens (tertiary/aromatic N) is 5. The van der Waals surface area contributed by atoms with Crippen molar-refractivity contribution < 1.29 is 0 Å². The van der Waals surface area contributed by atoms with Gasteiger partial charge in [-0.1, -0.05) is 188 Å². The second-order valence-corrected chi connectivity index (χ2v) is 15.7. The molecule has 62 heavy (non-hydrogen) atoms. The van der Waals surface area contributed by atoms with E-state index in [-0.39, 0.29) is 0 Å². The van der Waals surface area contributed by atoms with E-state index in [1.54, 1.807) is 0 Å². The van der Waals surface area contributed by atoms with Crippen LogP contribution in [0.25, 0.3) is 111 Å². The zero-order valence-electron chi connectivity index (χ0n) is 33.6. The lowest BCUT2D eigenvalue weighted by Crippen LogP contribution is -2.06. The Morgan fingerprint density at radius 2 is 0.597 bits per heavy atom. The van der Waals surface area contributed by atoms with Gasteiger partial charge in [0, 0.05) is 38.4 Å².